The highest BCUT2D eigenvalue weighted by atomic mass is 16.5. The summed E-state index contributed by atoms with van der Waals surface area (Å²) in [6, 6.07) is 20.9. The maximum atomic E-state index is 9.53. The van der Waals surface area contributed by atoms with Crippen LogP contribution in [-0.4, -0.2) is 11.7 Å². The van der Waals surface area contributed by atoms with E-state index in [-0.39, 0.29) is 12.6 Å². The number of fused-ring (bicyclic) bond motifs is 1. The van der Waals surface area contributed by atoms with Gasteiger partial charge in [-0.05, 0) is 54.4 Å². The van der Waals surface area contributed by atoms with Crippen molar-refractivity contribution in [3.8, 4) is 5.75 Å². The van der Waals surface area contributed by atoms with Gasteiger partial charge >= 0.3 is 0 Å². The van der Waals surface area contributed by atoms with Gasteiger partial charge in [-0.25, -0.2) is 0 Å². The van der Waals surface area contributed by atoms with Gasteiger partial charge < -0.3 is 15.2 Å². The van der Waals surface area contributed by atoms with Crippen molar-refractivity contribution in [2.45, 2.75) is 26.5 Å². The molecule has 0 bridgehead atoms. The molecule has 3 rings (SSSR count). The van der Waals surface area contributed by atoms with Gasteiger partial charge in [0, 0.05) is 17.3 Å². The molecule has 3 aromatic rings. The first kappa shape index (κ1) is 16.3. The molecule has 0 amide bonds. The van der Waals surface area contributed by atoms with Crippen molar-refractivity contribution < 1.29 is 9.84 Å². The van der Waals surface area contributed by atoms with Crippen LogP contribution in [0.25, 0.3) is 10.8 Å². The molecule has 3 aromatic carbocycles. The predicted molar refractivity (Wildman–Crippen MR) is 99.5 cm³/mol. The van der Waals surface area contributed by atoms with Crippen molar-refractivity contribution in [1.29, 1.82) is 0 Å². The van der Waals surface area contributed by atoms with Crippen LogP contribution in [0.2, 0.25) is 0 Å². The van der Waals surface area contributed by atoms with Crippen molar-refractivity contribution in [3.05, 3.63) is 71.8 Å². The maximum absolute atomic E-state index is 9.53. The van der Waals surface area contributed by atoms with Gasteiger partial charge in [0.15, 0.2) is 0 Å². The highest BCUT2D eigenvalue weighted by Crippen LogP contribution is 2.27. The van der Waals surface area contributed by atoms with Gasteiger partial charge in [-0.3, -0.25) is 0 Å². The van der Waals surface area contributed by atoms with Crippen LogP contribution in [0.5, 0.6) is 5.75 Å². The average Bonchev–Trinajstić information content (AvgIpc) is 2.62. The van der Waals surface area contributed by atoms with Gasteiger partial charge in [-0.15, -0.1) is 0 Å². The molecule has 0 spiro atoms. The van der Waals surface area contributed by atoms with E-state index >= 15 is 0 Å². The molecule has 0 saturated carbocycles. The second-order valence-corrected chi connectivity index (χ2v) is 5.89. The number of aliphatic hydroxyl groups excluding tert-OH is 1. The fourth-order valence-corrected chi connectivity index (χ4v) is 2.90. The Morgan fingerprint density at radius 3 is 2.54 bits per heavy atom. The van der Waals surface area contributed by atoms with E-state index in [0.29, 0.717) is 6.61 Å². The third-order valence-corrected chi connectivity index (χ3v) is 4.19. The largest absolute Gasteiger partial charge is 0.494 e. The van der Waals surface area contributed by atoms with E-state index in [4.69, 9.17) is 4.74 Å². The fraction of sp³-hybridized carbons (Fsp3) is 0.238. The summed E-state index contributed by atoms with van der Waals surface area (Å²) in [5.41, 5.74) is 3.00. The van der Waals surface area contributed by atoms with Crippen LogP contribution in [0.1, 0.15) is 31.0 Å². The minimum absolute atomic E-state index is 0.0325. The molecule has 1 unspecified atom stereocenters. The van der Waals surface area contributed by atoms with Crippen LogP contribution >= 0.6 is 0 Å². The monoisotopic (exact) mass is 321 g/mol. The smallest absolute Gasteiger partial charge is 0.124 e. The topological polar surface area (TPSA) is 41.5 Å². The first-order valence-electron chi connectivity index (χ1n) is 8.33. The molecular weight excluding hydrogens is 298 g/mol. The fourth-order valence-electron chi connectivity index (χ4n) is 2.90. The summed E-state index contributed by atoms with van der Waals surface area (Å²) in [6.45, 7) is 4.64. The van der Waals surface area contributed by atoms with Crippen molar-refractivity contribution in [1.82, 2.24) is 0 Å². The van der Waals surface area contributed by atoms with Crippen molar-refractivity contribution in [2.75, 3.05) is 11.9 Å². The molecule has 0 radical (unpaired) electrons. The summed E-state index contributed by atoms with van der Waals surface area (Å²) in [7, 11) is 0. The quantitative estimate of drug-likeness (QED) is 0.678. The standard InChI is InChI=1S/C21H23NO2/c1-3-24-21-11-10-20(13-19(21)14-23)22-15(2)17-9-8-16-6-4-5-7-18(16)12-17/h4-13,15,22-23H,3,14H2,1-2H3. The minimum atomic E-state index is -0.0325. The van der Waals surface area contributed by atoms with E-state index in [1.54, 1.807) is 0 Å². The summed E-state index contributed by atoms with van der Waals surface area (Å²) in [5, 5.41) is 15.5. The summed E-state index contributed by atoms with van der Waals surface area (Å²) in [6.07, 6.45) is 0. The zero-order chi connectivity index (χ0) is 16.9. The molecule has 0 aliphatic carbocycles. The molecule has 1 atom stereocenters. The van der Waals surface area contributed by atoms with Gasteiger partial charge in [-0.1, -0.05) is 36.4 Å². The van der Waals surface area contributed by atoms with E-state index in [0.717, 1.165) is 17.0 Å². The summed E-state index contributed by atoms with van der Waals surface area (Å²) in [4.78, 5) is 0. The number of benzene rings is 3. The Kier molecular flexibility index (Phi) is 5.02. The lowest BCUT2D eigenvalue weighted by molar-refractivity contribution is 0.267. The number of hydrogen-bond donors (Lipinski definition) is 2. The lowest BCUT2D eigenvalue weighted by Crippen LogP contribution is -2.07. The Morgan fingerprint density at radius 2 is 1.79 bits per heavy atom. The molecule has 0 heterocycles. The number of hydrogen-bond acceptors (Lipinski definition) is 3. The zero-order valence-electron chi connectivity index (χ0n) is 14.1. The molecular formula is C21H23NO2. The number of ether oxygens (including phenoxy) is 1. The molecule has 0 saturated heterocycles. The molecule has 124 valence electrons. The van der Waals surface area contributed by atoms with Gasteiger partial charge in [0.25, 0.3) is 0 Å². The molecule has 0 aliphatic rings. The number of anilines is 1. The number of rotatable bonds is 6. The van der Waals surface area contributed by atoms with Gasteiger partial charge in [0.2, 0.25) is 0 Å². The Morgan fingerprint density at radius 1 is 1.00 bits per heavy atom. The third-order valence-electron chi connectivity index (χ3n) is 4.19. The molecule has 3 nitrogen and oxygen atoms in total. The number of nitrogens with one attached hydrogen (secondary N) is 1. The van der Waals surface area contributed by atoms with Crippen LogP contribution in [0, 0.1) is 0 Å². The molecule has 24 heavy (non-hydrogen) atoms. The SMILES string of the molecule is CCOc1ccc(NC(C)c2ccc3ccccc3c2)cc1CO. The second kappa shape index (κ2) is 7.37. The number of aliphatic hydroxyl groups is 1. The van der Waals surface area contributed by atoms with E-state index in [1.807, 2.05) is 25.1 Å². The van der Waals surface area contributed by atoms with Crippen LogP contribution in [0.4, 0.5) is 5.69 Å². The molecule has 2 N–H and O–H groups in total. The van der Waals surface area contributed by atoms with Gasteiger partial charge in [0.1, 0.15) is 5.75 Å². The van der Waals surface area contributed by atoms with E-state index < -0.39 is 0 Å². The summed E-state index contributed by atoms with van der Waals surface area (Å²) in [5.74, 6) is 0.740. The Labute approximate surface area is 142 Å². The lowest BCUT2D eigenvalue weighted by atomic mass is 10.0. The third kappa shape index (κ3) is 3.52. The minimum Gasteiger partial charge on any atom is -0.494 e. The van der Waals surface area contributed by atoms with E-state index in [2.05, 4.69) is 54.7 Å². The van der Waals surface area contributed by atoms with E-state index in [9.17, 15) is 5.11 Å². The average molecular weight is 321 g/mol. The van der Waals surface area contributed by atoms with Crippen LogP contribution < -0.4 is 10.1 Å². The van der Waals surface area contributed by atoms with Crippen molar-refractivity contribution in [3.63, 3.8) is 0 Å². The summed E-state index contributed by atoms with van der Waals surface area (Å²) < 4.78 is 5.53. The first-order valence-corrected chi connectivity index (χ1v) is 8.33. The highest BCUT2D eigenvalue weighted by molar-refractivity contribution is 5.83. The molecule has 0 aromatic heterocycles. The summed E-state index contributed by atoms with van der Waals surface area (Å²) >= 11 is 0. The predicted octanol–water partition coefficient (Wildman–Crippen LogP) is 4.90. The lowest BCUT2D eigenvalue weighted by Gasteiger charge is -2.18. The maximum Gasteiger partial charge on any atom is 0.124 e. The van der Waals surface area contributed by atoms with Crippen molar-refractivity contribution in [2.24, 2.45) is 0 Å². The van der Waals surface area contributed by atoms with Gasteiger partial charge in [0.05, 0.1) is 13.2 Å². The molecule has 3 heteroatoms. The van der Waals surface area contributed by atoms with Crippen molar-refractivity contribution >= 4 is 16.5 Å². The second-order valence-electron chi connectivity index (χ2n) is 5.89. The van der Waals surface area contributed by atoms with Crippen LogP contribution in [-0.2, 0) is 6.61 Å². The zero-order valence-corrected chi connectivity index (χ0v) is 14.1. The Bertz CT molecular complexity index is 829. The highest BCUT2D eigenvalue weighted by Gasteiger charge is 2.09. The van der Waals surface area contributed by atoms with E-state index in [1.165, 1.54) is 16.3 Å². The molecule has 0 aliphatic heterocycles. The Hall–Kier alpha value is -2.52. The molecule has 0 fully saturated rings. The Balaban J connectivity index is 1.81. The van der Waals surface area contributed by atoms with Crippen LogP contribution in [0.3, 0.4) is 0 Å². The van der Waals surface area contributed by atoms with Crippen LogP contribution in [0.15, 0.2) is 60.7 Å². The van der Waals surface area contributed by atoms with Gasteiger partial charge in [-0.2, -0.15) is 0 Å². The first-order chi connectivity index (χ1) is 11.7. The normalized spacial score (nSPS) is 12.1.